The van der Waals surface area contributed by atoms with Gasteiger partial charge in [0.1, 0.15) is 0 Å². The Bertz CT molecular complexity index is 579. The highest BCUT2D eigenvalue weighted by Crippen LogP contribution is 2.57. The molecule has 5 nitrogen and oxygen atoms in total. The van der Waals surface area contributed by atoms with Crippen LogP contribution < -0.4 is 10.6 Å². The van der Waals surface area contributed by atoms with E-state index in [1.54, 1.807) is 11.3 Å². The molecular weight excluding hydrogens is 308 g/mol. The molecular formula is C17H28N4OS. The van der Waals surface area contributed by atoms with Gasteiger partial charge in [-0.05, 0) is 40.0 Å². The van der Waals surface area contributed by atoms with Gasteiger partial charge in [-0.3, -0.25) is 4.99 Å². The minimum absolute atomic E-state index is 0.352. The minimum atomic E-state index is 0.352. The maximum atomic E-state index is 5.92. The molecule has 1 spiro atoms. The molecule has 1 aromatic heterocycles. The molecule has 6 heteroatoms. The fraction of sp³-hybridized carbons (Fsp3) is 0.765. The lowest BCUT2D eigenvalue weighted by molar-refractivity contribution is -0.168. The summed E-state index contributed by atoms with van der Waals surface area (Å²) in [5, 5.41) is 8.18. The summed E-state index contributed by atoms with van der Waals surface area (Å²) >= 11 is 1.75. The molecule has 2 aliphatic rings. The Morgan fingerprint density at radius 2 is 2.22 bits per heavy atom. The monoisotopic (exact) mass is 336 g/mol. The molecule has 2 N–H and O–H groups in total. The Balaban J connectivity index is 1.55. The normalized spacial score (nSPS) is 25.8. The first kappa shape index (κ1) is 16.7. The molecule has 0 bridgehead atoms. The summed E-state index contributed by atoms with van der Waals surface area (Å²) in [5.41, 5.74) is 1.47. The van der Waals surface area contributed by atoms with Gasteiger partial charge in [0.2, 0.25) is 0 Å². The number of nitrogens with one attached hydrogen (secondary N) is 2. The number of ether oxygens (including phenoxy) is 1. The summed E-state index contributed by atoms with van der Waals surface area (Å²) < 4.78 is 5.92. The van der Waals surface area contributed by atoms with Crippen molar-refractivity contribution in [1.82, 2.24) is 15.6 Å². The number of hydrogen-bond acceptors (Lipinski definition) is 4. The van der Waals surface area contributed by atoms with Crippen molar-refractivity contribution in [3.8, 4) is 0 Å². The molecule has 0 radical (unpaired) electrons. The molecule has 0 amide bonds. The van der Waals surface area contributed by atoms with Crippen LogP contribution in [0.4, 0.5) is 0 Å². The van der Waals surface area contributed by atoms with Crippen molar-refractivity contribution in [1.29, 1.82) is 0 Å². The SMILES string of the molecule is CCOC1CC(NC(=NC)NCc2sc(C)nc2C)C12CCC2. The molecule has 3 rings (SSSR count). The molecule has 2 saturated carbocycles. The molecule has 1 heterocycles. The maximum absolute atomic E-state index is 5.92. The first-order valence-electron chi connectivity index (χ1n) is 8.60. The van der Waals surface area contributed by atoms with Crippen LogP contribution in [0.15, 0.2) is 4.99 Å². The van der Waals surface area contributed by atoms with E-state index in [-0.39, 0.29) is 0 Å². The zero-order valence-electron chi connectivity index (χ0n) is 14.6. The fourth-order valence-electron chi connectivity index (χ4n) is 3.90. The number of nitrogens with zero attached hydrogens (tertiary/aromatic N) is 2. The van der Waals surface area contributed by atoms with Gasteiger partial charge in [-0.1, -0.05) is 6.42 Å². The van der Waals surface area contributed by atoms with Gasteiger partial charge in [-0.25, -0.2) is 4.98 Å². The van der Waals surface area contributed by atoms with E-state index >= 15 is 0 Å². The highest BCUT2D eigenvalue weighted by atomic mass is 32.1. The molecule has 0 aliphatic heterocycles. The van der Waals surface area contributed by atoms with Crippen molar-refractivity contribution in [2.24, 2.45) is 10.4 Å². The van der Waals surface area contributed by atoms with Crippen molar-refractivity contribution in [3.63, 3.8) is 0 Å². The Labute approximate surface area is 142 Å². The van der Waals surface area contributed by atoms with Gasteiger partial charge in [0.05, 0.1) is 23.4 Å². The van der Waals surface area contributed by atoms with E-state index in [1.165, 1.54) is 24.1 Å². The number of thiazole rings is 1. The smallest absolute Gasteiger partial charge is 0.191 e. The first-order chi connectivity index (χ1) is 11.1. The summed E-state index contributed by atoms with van der Waals surface area (Å²) in [5.74, 6) is 0.890. The van der Waals surface area contributed by atoms with Gasteiger partial charge in [0.25, 0.3) is 0 Å². The summed E-state index contributed by atoms with van der Waals surface area (Å²) in [6, 6.07) is 0.489. The van der Waals surface area contributed by atoms with E-state index in [1.807, 2.05) is 7.05 Å². The second kappa shape index (κ2) is 6.77. The van der Waals surface area contributed by atoms with Crippen LogP contribution in [0.1, 0.15) is 48.2 Å². The lowest BCUT2D eigenvalue weighted by Gasteiger charge is -2.61. The summed E-state index contributed by atoms with van der Waals surface area (Å²) in [4.78, 5) is 10.2. The van der Waals surface area contributed by atoms with Gasteiger partial charge in [-0.2, -0.15) is 0 Å². The fourth-order valence-corrected chi connectivity index (χ4v) is 4.78. The second-order valence-electron chi connectivity index (χ2n) is 6.63. The predicted octanol–water partition coefficient (Wildman–Crippen LogP) is 2.77. The summed E-state index contributed by atoms with van der Waals surface area (Å²) in [7, 11) is 1.84. The van der Waals surface area contributed by atoms with Crippen LogP contribution in [-0.4, -0.2) is 36.7 Å². The highest BCUT2D eigenvalue weighted by Gasteiger charge is 2.59. The van der Waals surface area contributed by atoms with Crippen molar-refractivity contribution in [3.05, 3.63) is 15.6 Å². The largest absolute Gasteiger partial charge is 0.378 e. The van der Waals surface area contributed by atoms with E-state index in [9.17, 15) is 0 Å². The van der Waals surface area contributed by atoms with Crippen molar-refractivity contribution < 1.29 is 4.74 Å². The molecule has 128 valence electrons. The number of aryl methyl sites for hydroxylation is 2. The Morgan fingerprint density at radius 3 is 2.74 bits per heavy atom. The van der Waals surface area contributed by atoms with Crippen LogP contribution in [0.3, 0.4) is 0 Å². The predicted molar refractivity (Wildman–Crippen MR) is 95.0 cm³/mol. The molecule has 2 unspecified atom stereocenters. The third-order valence-corrected chi connectivity index (χ3v) is 6.46. The quantitative estimate of drug-likeness (QED) is 0.641. The molecule has 1 aromatic rings. The average molecular weight is 337 g/mol. The Kier molecular flexibility index (Phi) is 4.92. The van der Waals surface area contributed by atoms with Crippen LogP contribution in [-0.2, 0) is 11.3 Å². The van der Waals surface area contributed by atoms with Crippen LogP contribution in [0, 0.1) is 19.3 Å². The van der Waals surface area contributed by atoms with E-state index in [4.69, 9.17) is 4.74 Å². The molecule has 2 aliphatic carbocycles. The van der Waals surface area contributed by atoms with E-state index in [2.05, 4.69) is 41.4 Å². The zero-order valence-corrected chi connectivity index (χ0v) is 15.4. The molecule has 2 fully saturated rings. The lowest BCUT2D eigenvalue weighted by Crippen LogP contribution is -2.68. The zero-order chi connectivity index (χ0) is 16.4. The molecule has 2 atom stereocenters. The van der Waals surface area contributed by atoms with E-state index in [0.29, 0.717) is 17.6 Å². The third kappa shape index (κ3) is 3.11. The first-order valence-corrected chi connectivity index (χ1v) is 9.42. The maximum Gasteiger partial charge on any atom is 0.191 e. The molecule has 0 aromatic carbocycles. The van der Waals surface area contributed by atoms with E-state index < -0.39 is 0 Å². The van der Waals surface area contributed by atoms with Gasteiger partial charge in [-0.15, -0.1) is 11.3 Å². The van der Waals surface area contributed by atoms with Crippen LogP contribution in [0.5, 0.6) is 0 Å². The minimum Gasteiger partial charge on any atom is -0.378 e. The lowest BCUT2D eigenvalue weighted by atomic mass is 9.51. The standard InChI is InChI=1S/C17H28N4OS/c1-5-22-15-9-14(17(15)7-6-8-17)21-16(18-4)19-10-13-11(2)20-12(3)23-13/h14-15H,5-10H2,1-4H3,(H2,18,19,21). The van der Waals surface area contributed by atoms with Gasteiger partial charge >= 0.3 is 0 Å². The number of aliphatic imine (C=N–C) groups is 1. The highest BCUT2D eigenvalue weighted by molar-refractivity contribution is 7.11. The van der Waals surface area contributed by atoms with Crippen molar-refractivity contribution >= 4 is 17.3 Å². The van der Waals surface area contributed by atoms with Gasteiger partial charge in [0.15, 0.2) is 5.96 Å². The van der Waals surface area contributed by atoms with Gasteiger partial charge in [0, 0.05) is 30.0 Å². The van der Waals surface area contributed by atoms with Gasteiger partial charge < -0.3 is 15.4 Å². The van der Waals surface area contributed by atoms with Crippen molar-refractivity contribution in [2.75, 3.05) is 13.7 Å². The van der Waals surface area contributed by atoms with Crippen molar-refractivity contribution in [2.45, 2.75) is 65.1 Å². The summed E-state index contributed by atoms with van der Waals surface area (Å²) in [6.07, 6.45) is 5.41. The third-order valence-electron chi connectivity index (χ3n) is 5.39. The number of guanidine groups is 1. The second-order valence-corrected chi connectivity index (χ2v) is 7.92. The average Bonchev–Trinajstić information content (AvgIpc) is 2.77. The number of rotatable bonds is 5. The van der Waals surface area contributed by atoms with Crippen LogP contribution >= 0.6 is 11.3 Å². The Morgan fingerprint density at radius 1 is 1.43 bits per heavy atom. The van der Waals surface area contributed by atoms with E-state index in [0.717, 1.165) is 36.2 Å². The number of aromatic nitrogens is 1. The van der Waals surface area contributed by atoms with Crippen LogP contribution in [0.25, 0.3) is 0 Å². The molecule has 23 heavy (non-hydrogen) atoms. The van der Waals surface area contributed by atoms with Crippen LogP contribution in [0.2, 0.25) is 0 Å². The summed E-state index contributed by atoms with van der Waals surface area (Å²) in [6.45, 7) is 7.81. The number of hydrogen-bond donors (Lipinski definition) is 2. The molecule has 0 saturated heterocycles. The topological polar surface area (TPSA) is 58.5 Å². The Hall–Kier alpha value is -1.14.